The lowest BCUT2D eigenvalue weighted by atomic mass is 11.6. The van der Waals surface area contributed by atoms with Gasteiger partial charge in [0.05, 0.1) is 18.7 Å². The third kappa shape index (κ3) is 1.89. The number of rotatable bonds is 3. The maximum atomic E-state index is 8.83. The first-order chi connectivity index (χ1) is 3.68. The van der Waals surface area contributed by atoms with Crippen molar-refractivity contribution in [1.29, 1.82) is 0 Å². The van der Waals surface area contributed by atoms with Gasteiger partial charge in [-0.3, -0.25) is 0 Å². The van der Waals surface area contributed by atoms with Gasteiger partial charge >= 0.3 is 0 Å². The molecule has 4 N–H and O–H groups in total. The van der Waals surface area contributed by atoms with Crippen molar-refractivity contribution in [3.63, 3.8) is 0 Å². The van der Waals surface area contributed by atoms with Crippen LogP contribution in [0.15, 0.2) is 0 Å². The zero-order valence-electron chi connectivity index (χ0n) is 4.41. The lowest BCUT2D eigenvalue weighted by molar-refractivity contribution is 0.243. The van der Waals surface area contributed by atoms with Gasteiger partial charge in [0.15, 0.2) is 0 Å². The molecule has 8 heavy (non-hydrogen) atoms. The van der Waals surface area contributed by atoms with Crippen molar-refractivity contribution < 1.29 is 20.1 Å². The maximum Gasteiger partial charge on any atom is 0.264 e. The molecule has 0 rings (SSSR count). The largest absolute Gasteiger partial charge is 0.426 e. The lowest BCUT2D eigenvalue weighted by Gasteiger charge is -2.15. The van der Waals surface area contributed by atoms with Gasteiger partial charge in [-0.15, -0.1) is 0 Å². The van der Waals surface area contributed by atoms with Gasteiger partial charge < -0.3 is 20.1 Å². The molecule has 0 aromatic carbocycles. The first-order valence-electron chi connectivity index (χ1n) is 2.23. The Bertz CT molecular complexity index is 54.0. The van der Waals surface area contributed by atoms with E-state index in [1.165, 1.54) is 0 Å². The van der Waals surface area contributed by atoms with Crippen LogP contribution < -0.4 is 0 Å². The normalized spacial score (nSPS) is 12.0. The zero-order valence-corrected chi connectivity index (χ0v) is 5.41. The molecule has 0 aromatic heterocycles. The summed E-state index contributed by atoms with van der Waals surface area (Å²) < 4.78 is 0. The molecule has 50 valence electrons. The second kappa shape index (κ2) is 3.16. The highest BCUT2D eigenvalue weighted by molar-refractivity contribution is 6.72. The molecule has 0 heterocycles. The van der Waals surface area contributed by atoms with Crippen LogP contribution in [0.3, 0.4) is 0 Å². The van der Waals surface area contributed by atoms with E-state index in [1.807, 2.05) is 0 Å². The molecule has 0 aliphatic heterocycles. The predicted octanol–water partition coefficient (Wildman–Crippen LogP) is -2.48. The third-order valence-electron chi connectivity index (χ3n) is 0.883. The molecular weight excluding hydrogens is 128 g/mol. The fraction of sp³-hybridized carbons (Fsp3) is 1.00. The van der Waals surface area contributed by atoms with Crippen molar-refractivity contribution in [1.82, 2.24) is 0 Å². The first-order valence-corrected chi connectivity index (χ1v) is 4.80. The Hall–Kier alpha value is 0.0569. The van der Waals surface area contributed by atoms with Crippen LogP contribution in [-0.4, -0.2) is 47.1 Å². The van der Waals surface area contributed by atoms with Crippen LogP contribution in [0, 0.1) is 0 Å². The molecule has 0 aliphatic carbocycles. The van der Waals surface area contributed by atoms with Crippen molar-refractivity contribution in [2.24, 2.45) is 0 Å². The summed E-state index contributed by atoms with van der Waals surface area (Å²) in [6.45, 7) is 0. The van der Waals surface area contributed by atoms with Crippen LogP contribution in [-0.2, 0) is 0 Å². The summed E-state index contributed by atoms with van der Waals surface area (Å²) in [7, 11) is -3.00. The fourth-order valence-corrected chi connectivity index (χ4v) is 0.450. The predicted molar refractivity (Wildman–Crippen MR) is 29.2 cm³/mol. The minimum Gasteiger partial charge on any atom is -0.426 e. The molecule has 0 fully saturated rings. The van der Waals surface area contributed by atoms with E-state index in [1.54, 1.807) is 0 Å². The monoisotopic (exact) mass is 138 g/mol. The number of hydrogen-bond donors (Lipinski definition) is 4. The Labute approximate surface area is 48.2 Å². The Morgan fingerprint density at radius 3 is 1.12 bits per heavy atom. The second-order valence-electron chi connectivity index (χ2n) is 1.70. The summed E-state index contributed by atoms with van der Waals surface area (Å²) in [6, 6.07) is 0. The van der Waals surface area contributed by atoms with Gasteiger partial charge in [-0.2, -0.15) is 0 Å². The van der Waals surface area contributed by atoms with Crippen LogP contribution in [0.5, 0.6) is 0 Å². The third-order valence-corrected chi connectivity index (χ3v) is 2.65. The molecule has 0 saturated heterocycles. The van der Waals surface area contributed by atoms with E-state index in [4.69, 9.17) is 20.1 Å². The van der Waals surface area contributed by atoms with E-state index in [0.29, 0.717) is 0 Å². The van der Waals surface area contributed by atoms with Gasteiger partial charge in [-0.05, 0) is 0 Å². The summed E-state index contributed by atoms with van der Waals surface area (Å²) >= 11 is 0. The van der Waals surface area contributed by atoms with Crippen molar-refractivity contribution in [3.8, 4) is 0 Å². The minimum atomic E-state index is -3.00. The molecule has 0 aliphatic rings. The van der Waals surface area contributed by atoms with Crippen molar-refractivity contribution in [2.45, 2.75) is 0 Å². The SMILES string of the molecule is OC[Si](O)(CO)CO. The van der Waals surface area contributed by atoms with Crippen LogP contribution in [0.4, 0.5) is 0 Å². The summed E-state index contributed by atoms with van der Waals surface area (Å²) in [5.41, 5.74) is 0. The average molecular weight is 138 g/mol. The van der Waals surface area contributed by atoms with Crippen LogP contribution in [0.25, 0.3) is 0 Å². The van der Waals surface area contributed by atoms with Crippen molar-refractivity contribution >= 4 is 8.32 Å². The zero-order chi connectivity index (χ0) is 6.62. The molecule has 0 unspecified atom stereocenters. The smallest absolute Gasteiger partial charge is 0.264 e. The van der Waals surface area contributed by atoms with Gasteiger partial charge in [0.1, 0.15) is 0 Å². The van der Waals surface area contributed by atoms with E-state index >= 15 is 0 Å². The lowest BCUT2D eigenvalue weighted by Crippen LogP contribution is -2.48. The number of aliphatic hydroxyl groups is 3. The van der Waals surface area contributed by atoms with Gasteiger partial charge in [0.2, 0.25) is 0 Å². The summed E-state index contributed by atoms with van der Waals surface area (Å²) in [6.07, 6.45) is -1.46. The van der Waals surface area contributed by atoms with Crippen LogP contribution >= 0.6 is 0 Å². The summed E-state index contributed by atoms with van der Waals surface area (Å²) in [5, 5.41) is 24.8. The van der Waals surface area contributed by atoms with E-state index < -0.39 is 27.0 Å². The molecular formula is C3H10O4Si. The highest BCUT2D eigenvalue weighted by Crippen LogP contribution is 1.90. The fourth-order valence-electron chi connectivity index (χ4n) is 0.150. The summed E-state index contributed by atoms with van der Waals surface area (Å²) in [4.78, 5) is 8.83. The maximum absolute atomic E-state index is 8.83. The molecule has 0 radical (unpaired) electrons. The van der Waals surface area contributed by atoms with Crippen molar-refractivity contribution in [3.05, 3.63) is 0 Å². The van der Waals surface area contributed by atoms with Gasteiger partial charge in [-0.1, -0.05) is 0 Å². The van der Waals surface area contributed by atoms with E-state index in [-0.39, 0.29) is 0 Å². The molecule has 0 spiro atoms. The average Bonchev–Trinajstić information content (AvgIpc) is 1.87. The van der Waals surface area contributed by atoms with Gasteiger partial charge in [-0.25, -0.2) is 0 Å². The molecule has 0 bridgehead atoms. The number of hydrogen-bond acceptors (Lipinski definition) is 4. The summed E-state index contributed by atoms with van der Waals surface area (Å²) in [5.74, 6) is 0. The van der Waals surface area contributed by atoms with Crippen LogP contribution in [0.1, 0.15) is 0 Å². The number of aliphatic hydroxyl groups excluding tert-OH is 3. The van der Waals surface area contributed by atoms with E-state index in [2.05, 4.69) is 0 Å². The molecule has 4 nitrogen and oxygen atoms in total. The van der Waals surface area contributed by atoms with E-state index in [9.17, 15) is 0 Å². The topological polar surface area (TPSA) is 80.9 Å². The van der Waals surface area contributed by atoms with Gasteiger partial charge in [0, 0.05) is 0 Å². The highest BCUT2D eigenvalue weighted by atomic mass is 28.4. The first kappa shape index (κ1) is 8.06. The highest BCUT2D eigenvalue weighted by Gasteiger charge is 2.28. The molecule has 0 atom stereocenters. The minimum absolute atomic E-state index is 0.486. The standard InChI is InChI=1S/C3H10O4Si/c4-1-8(7,2-5)3-6/h4-7H,1-3H2. The van der Waals surface area contributed by atoms with Crippen molar-refractivity contribution in [2.75, 3.05) is 18.7 Å². The Morgan fingerprint density at radius 2 is 1.12 bits per heavy atom. The Morgan fingerprint density at radius 1 is 0.875 bits per heavy atom. The van der Waals surface area contributed by atoms with Crippen LogP contribution in [0.2, 0.25) is 0 Å². The van der Waals surface area contributed by atoms with Gasteiger partial charge in [0.25, 0.3) is 8.32 Å². The van der Waals surface area contributed by atoms with E-state index in [0.717, 1.165) is 0 Å². The molecule has 0 amide bonds. The Kier molecular flexibility index (Phi) is 3.18. The molecule has 5 heteroatoms. The second-order valence-corrected chi connectivity index (χ2v) is 5.10. The molecule has 0 aromatic rings. The Balaban J connectivity index is 3.58. The quantitative estimate of drug-likeness (QED) is 0.325. The molecule has 0 saturated carbocycles.